The van der Waals surface area contributed by atoms with Crippen LogP contribution in [-0.2, 0) is 21.1 Å². The minimum atomic E-state index is -3.04. The molecule has 1 saturated heterocycles. The Labute approximate surface area is 155 Å². The minimum absolute atomic E-state index is 0.0391. The molecule has 1 fully saturated rings. The maximum Gasteiger partial charge on any atom is 0.224 e. The lowest BCUT2D eigenvalue weighted by atomic mass is 10.1. The molecule has 1 N–H and O–H groups in total. The molecule has 1 unspecified atom stereocenters. The van der Waals surface area contributed by atoms with Crippen molar-refractivity contribution >= 4 is 32.7 Å². The third kappa shape index (κ3) is 3.63. The summed E-state index contributed by atoms with van der Waals surface area (Å²) in [4.78, 5) is 17.8. The van der Waals surface area contributed by atoms with Crippen molar-refractivity contribution in [3.8, 4) is 10.6 Å². The second-order valence-electron chi connectivity index (χ2n) is 6.37. The fourth-order valence-electron chi connectivity index (χ4n) is 3.07. The van der Waals surface area contributed by atoms with E-state index >= 15 is 0 Å². The van der Waals surface area contributed by atoms with E-state index in [1.807, 2.05) is 35.8 Å². The van der Waals surface area contributed by atoms with Crippen molar-refractivity contribution in [2.45, 2.75) is 12.8 Å². The summed E-state index contributed by atoms with van der Waals surface area (Å²) in [5.74, 6) is -0.540. The van der Waals surface area contributed by atoms with Gasteiger partial charge in [-0.15, -0.1) is 11.3 Å². The Morgan fingerprint density at radius 2 is 2.27 bits per heavy atom. The van der Waals surface area contributed by atoms with E-state index < -0.39 is 15.8 Å². The number of thiophene rings is 1. The maximum atomic E-state index is 12.1. The Balaban J connectivity index is 1.38. The fourth-order valence-corrected chi connectivity index (χ4v) is 5.51. The van der Waals surface area contributed by atoms with E-state index in [4.69, 9.17) is 0 Å². The van der Waals surface area contributed by atoms with E-state index in [0.717, 1.165) is 21.9 Å². The predicted octanol–water partition coefficient (Wildman–Crippen LogP) is 1.55. The van der Waals surface area contributed by atoms with Crippen molar-refractivity contribution in [1.82, 2.24) is 19.9 Å². The molecule has 0 bridgehead atoms. The molecule has 7 nitrogen and oxygen atoms in total. The molecule has 0 radical (unpaired) electrons. The van der Waals surface area contributed by atoms with E-state index in [1.165, 1.54) is 0 Å². The van der Waals surface area contributed by atoms with Crippen LogP contribution < -0.4 is 5.32 Å². The number of carbonyl (C=O) groups is 1. The van der Waals surface area contributed by atoms with E-state index in [-0.39, 0.29) is 17.4 Å². The number of nitrogens with zero attached hydrogens (tertiary/aromatic N) is 3. The lowest BCUT2D eigenvalue weighted by Gasteiger charge is -2.08. The van der Waals surface area contributed by atoms with Gasteiger partial charge in [-0.05, 0) is 23.9 Å². The van der Waals surface area contributed by atoms with Gasteiger partial charge in [0, 0.05) is 25.2 Å². The quantitative estimate of drug-likeness (QED) is 0.713. The summed E-state index contributed by atoms with van der Waals surface area (Å²) in [6.45, 7) is 0.428. The first-order chi connectivity index (χ1) is 12.5. The molecule has 136 valence electrons. The van der Waals surface area contributed by atoms with Gasteiger partial charge in [-0.2, -0.15) is 5.10 Å². The number of sulfone groups is 1. The van der Waals surface area contributed by atoms with Gasteiger partial charge in [0.25, 0.3) is 0 Å². The molecule has 0 spiro atoms. The number of amides is 1. The molecule has 1 atom stereocenters. The number of carbonyl (C=O) groups excluding carboxylic acids is 1. The minimum Gasteiger partial charge on any atom is -0.355 e. The topological polar surface area (TPSA) is 93.4 Å². The standard InChI is InChI=1S/C17H18N4O3S2/c22-17(12-5-9-26(23,24)11-12)18-6-3-13-10-16-19-14(4-7-21(16)20-13)15-2-1-8-25-15/h1-2,4,7-8,10,12H,3,5-6,9,11H2,(H,18,22). The highest BCUT2D eigenvalue weighted by molar-refractivity contribution is 7.91. The van der Waals surface area contributed by atoms with Crippen LogP contribution in [0.15, 0.2) is 35.8 Å². The van der Waals surface area contributed by atoms with Crippen molar-refractivity contribution in [1.29, 1.82) is 0 Å². The zero-order valence-electron chi connectivity index (χ0n) is 14.0. The molecule has 26 heavy (non-hydrogen) atoms. The number of hydrogen-bond donors (Lipinski definition) is 1. The molecule has 1 aliphatic rings. The van der Waals surface area contributed by atoms with Crippen molar-refractivity contribution in [3.05, 3.63) is 41.5 Å². The number of aromatic nitrogens is 3. The number of fused-ring (bicyclic) bond motifs is 1. The number of rotatable bonds is 5. The average molecular weight is 390 g/mol. The molecule has 0 saturated carbocycles. The molecule has 4 heterocycles. The molecule has 3 aromatic heterocycles. The van der Waals surface area contributed by atoms with Crippen LogP contribution in [0.5, 0.6) is 0 Å². The van der Waals surface area contributed by atoms with Crippen LogP contribution in [0.25, 0.3) is 16.2 Å². The maximum absolute atomic E-state index is 12.1. The molecule has 3 aromatic rings. The highest BCUT2D eigenvalue weighted by atomic mass is 32.2. The van der Waals surface area contributed by atoms with Crippen molar-refractivity contribution in [2.75, 3.05) is 18.1 Å². The van der Waals surface area contributed by atoms with Gasteiger partial charge < -0.3 is 5.32 Å². The zero-order chi connectivity index (χ0) is 18.1. The van der Waals surface area contributed by atoms with Crippen molar-refractivity contribution in [3.63, 3.8) is 0 Å². The highest BCUT2D eigenvalue weighted by Crippen LogP contribution is 2.23. The fraction of sp³-hybridized carbons (Fsp3) is 0.353. The summed E-state index contributed by atoms with van der Waals surface area (Å²) in [6, 6.07) is 7.85. The van der Waals surface area contributed by atoms with Gasteiger partial charge in [0.15, 0.2) is 15.5 Å². The predicted molar refractivity (Wildman–Crippen MR) is 99.8 cm³/mol. The summed E-state index contributed by atoms with van der Waals surface area (Å²) >= 11 is 1.64. The second kappa shape index (κ2) is 6.81. The molecular formula is C17H18N4O3S2. The zero-order valence-corrected chi connectivity index (χ0v) is 15.6. The van der Waals surface area contributed by atoms with Crippen LogP contribution in [0.1, 0.15) is 12.1 Å². The Bertz CT molecular complexity index is 1040. The molecular weight excluding hydrogens is 372 g/mol. The lowest BCUT2D eigenvalue weighted by Crippen LogP contribution is -2.32. The van der Waals surface area contributed by atoms with Gasteiger partial charge in [-0.1, -0.05) is 6.07 Å². The van der Waals surface area contributed by atoms with Gasteiger partial charge in [0.05, 0.1) is 33.7 Å². The van der Waals surface area contributed by atoms with Gasteiger partial charge >= 0.3 is 0 Å². The Hall–Kier alpha value is -2.26. The van der Waals surface area contributed by atoms with Crippen LogP contribution in [-0.4, -0.2) is 47.0 Å². The summed E-state index contributed by atoms with van der Waals surface area (Å²) < 4.78 is 24.6. The smallest absolute Gasteiger partial charge is 0.224 e. The molecule has 0 aliphatic carbocycles. The third-order valence-electron chi connectivity index (χ3n) is 4.43. The van der Waals surface area contributed by atoms with E-state index in [0.29, 0.717) is 19.4 Å². The van der Waals surface area contributed by atoms with E-state index in [9.17, 15) is 13.2 Å². The van der Waals surface area contributed by atoms with Crippen LogP contribution >= 0.6 is 11.3 Å². The average Bonchev–Trinajstić information content (AvgIpc) is 3.32. The highest BCUT2D eigenvalue weighted by Gasteiger charge is 2.32. The largest absolute Gasteiger partial charge is 0.355 e. The summed E-state index contributed by atoms with van der Waals surface area (Å²) in [6.07, 6.45) is 2.86. The van der Waals surface area contributed by atoms with Gasteiger partial charge in [-0.3, -0.25) is 4.79 Å². The third-order valence-corrected chi connectivity index (χ3v) is 7.09. The van der Waals surface area contributed by atoms with Crippen molar-refractivity contribution in [2.24, 2.45) is 5.92 Å². The lowest BCUT2D eigenvalue weighted by molar-refractivity contribution is -0.124. The van der Waals surface area contributed by atoms with Crippen LogP contribution in [0, 0.1) is 5.92 Å². The molecule has 1 amide bonds. The normalized spacial score (nSPS) is 19.0. The number of hydrogen-bond acceptors (Lipinski definition) is 6. The summed E-state index contributed by atoms with van der Waals surface area (Å²) in [7, 11) is -3.04. The molecule has 0 aromatic carbocycles. The summed E-state index contributed by atoms with van der Waals surface area (Å²) in [5, 5.41) is 9.30. The van der Waals surface area contributed by atoms with Gasteiger partial charge in [-0.25, -0.2) is 17.9 Å². The second-order valence-corrected chi connectivity index (χ2v) is 9.55. The molecule has 9 heteroatoms. The van der Waals surface area contributed by atoms with Gasteiger partial charge in [0.2, 0.25) is 5.91 Å². The SMILES string of the molecule is O=C(NCCc1cc2nc(-c3cccs3)ccn2n1)C1CCS(=O)(=O)C1. The number of nitrogens with one attached hydrogen (secondary N) is 1. The summed E-state index contributed by atoms with van der Waals surface area (Å²) in [5.41, 5.74) is 2.51. The first-order valence-corrected chi connectivity index (χ1v) is 11.1. The molecule has 4 rings (SSSR count). The van der Waals surface area contributed by atoms with E-state index in [2.05, 4.69) is 15.4 Å². The van der Waals surface area contributed by atoms with E-state index in [1.54, 1.807) is 15.9 Å². The Kier molecular flexibility index (Phi) is 4.49. The Morgan fingerprint density at radius 1 is 1.38 bits per heavy atom. The Morgan fingerprint density at radius 3 is 3.00 bits per heavy atom. The monoisotopic (exact) mass is 390 g/mol. The van der Waals surface area contributed by atoms with Crippen LogP contribution in [0.4, 0.5) is 0 Å². The van der Waals surface area contributed by atoms with Crippen LogP contribution in [0.2, 0.25) is 0 Å². The van der Waals surface area contributed by atoms with Crippen LogP contribution in [0.3, 0.4) is 0 Å². The molecule has 1 aliphatic heterocycles. The van der Waals surface area contributed by atoms with Crippen molar-refractivity contribution < 1.29 is 13.2 Å². The first kappa shape index (κ1) is 17.2. The first-order valence-electron chi connectivity index (χ1n) is 8.37. The van der Waals surface area contributed by atoms with Gasteiger partial charge in [0.1, 0.15) is 0 Å².